The lowest BCUT2D eigenvalue weighted by atomic mass is 10.1. The molecule has 1 fully saturated rings. The van der Waals surface area contributed by atoms with Crippen LogP contribution in [0.15, 0.2) is 23.0 Å². The number of amides is 2. The lowest BCUT2D eigenvalue weighted by Gasteiger charge is -2.24. The number of urea groups is 1. The SMILES string of the molecule is CN(Cc1ccoc1)C(=O)N1CCC(C(=O)O)C1. The lowest BCUT2D eigenvalue weighted by Crippen LogP contribution is -2.39. The van der Waals surface area contributed by atoms with Gasteiger partial charge in [0.15, 0.2) is 0 Å². The molecule has 1 aliphatic heterocycles. The normalized spacial score (nSPS) is 18.9. The van der Waals surface area contributed by atoms with Crippen molar-refractivity contribution in [2.45, 2.75) is 13.0 Å². The number of furan rings is 1. The smallest absolute Gasteiger partial charge is 0.320 e. The summed E-state index contributed by atoms with van der Waals surface area (Å²) in [5.74, 6) is -1.26. The van der Waals surface area contributed by atoms with Crippen molar-refractivity contribution in [3.05, 3.63) is 24.2 Å². The highest BCUT2D eigenvalue weighted by Crippen LogP contribution is 2.18. The predicted molar refractivity (Wildman–Crippen MR) is 62.9 cm³/mol. The lowest BCUT2D eigenvalue weighted by molar-refractivity contribution is -0.141. The molecule has 1 N–H and O–H groups in total. The van der Waals surface area contributed by atoms with Crippen LogP contribution in [0.5, 0.6) is 0 Å². The van der Waals surface area contributed by atoms with Crippen molar-refractivity contribution in [2.24, 2.45) is 5.92 Å². The van der Waals surface area contributed by atoms with Crippen molar-refractivity contribution >= 4 is 12.0 Å². The Balaban J connectivity index is 1.90. The molecule has 6 heteroatoms. The Bertz CT molecular complexity index is 429. The predicted octanol–water partition coefficient (Wildman–Crippen LogP) is 1.24. The molecule has 2 amide bonds. The standard InChI is InChI=1S/C12H16N2O4/c1-13(6-9-3-5-18-8-9)12(17)14-4-2-10(7-14)11(15)16/h3,5,8,10H,2,4,6-7H2,1H3,(H,15,16). The number of aliphatic carboxylic acids is 1. The second kappa shape index (κ2) is 5.12. The van der Waals surface area contributed by atoms with Gasteiger partial charge in [0.1, 0.15) is 0 Å². The molecule has 1 unspecified atom stereocenters. The van der Waals surface area contributed by atoms with E-state index in [2.05, 4.69) is 0 Å². The average Bonchev–Trinajstić information content (AvgIpc) is 2.98. The van der Waals surface area contributed by atoms with Crippen molar-refractivity contribution < 1.29 is 19.1 Å². The summed E-state index contributed by atoms with van der Waals surface area (Å²) in [6.07, 6.45) is 3.68. The quantitative estimate of drug-likeness (QED) is 0.878. The number of hydrogen-bond donors (Lipinski definition) is 1. The second-order valence-corrected chi connectivity index (χ2v) is 4.54. The van der Waals surface area contributed by atoms with E-state index in [1.54, 1.807) is 35.4 Å². The van der Waals surface area contributed by atoms with Gasteiger partial charge in [0.05, 0.1) is 25.0 Å². The number of carboxylic acids is 1. The third kappa shape index (κ3) is 2.64. The van der Waals surface area contributed by atoms with Gasteiger partial charge in [0, 0.05) is 25.7 Å². The Morgan fingerprint density at radius 3 is 2.94 bits per heavy atom. The van der Waals surface area contributed by atoms with Crippen LogP contribution in [0.2, 0.25) is 0 Å². The maximum Gasteiger partial charge on any atom is 0.320 e. The van der Waals surface area contributed by atoms with Crippen LogP contribution in [0, 0.1) is 5.92 Å². The van der Waals surface area contributed by atoms with Crippen LogP contribution in [0.3, 0.4) is 0 Å². The first-order chi connectivity index (χ1) is 8.58. The largest absolute Gasteiger partial charge is 0.481 e. The summed E-state index contributed by atoms with van der Waals surface area (Å²) in [6.45, 7) is 1.26. The molecule has 1 saturated heterocycles. The minimum atomic E-state index is -0.831. The van der Waals surface area contributed by atoms with E-state index in [-0.39, 0.29) is 6.03 Å². The van der Waals surface area contributed by atoms with E-state index >= 15 is 0 Å². The first-order valence-electron chi connectivity index (χ1n) is 5.82. The van der Waals surface area contributed by atoms with E-state index in [9.17, 15) is 9.59 Å². The summed E-state index contributed by atoms with van der Waals surface area (Å²) in [5.41, 5.74) is 0.917. The van der Waals surface area contributed by atoms with E-state index in [1.807, 2.05) is 0 Å². The van der Waals surface area contributed by atoms with Crippen molar-refractivity contribution in [2.75, 3.05) is 20.1 Å². The third-order valence-electron chi connectivity index (χ3n) is 3.13. The summed E-state index contributed by atoms with van der Waals surface area (Å²) in [7, 11) is 1.70. The highest BCUT2D eigenvalue weighted by atomic mass is 16.4. The second-order valence-electron chi connectivity index (χ2n) is 4.54. The zero-order valence-corrected chi connectivity index (χ0v) is 10.2. The van der Waals surface area contributed by atoms with Crippen LogP contribution in [-0.2, 0) is 11.3 Å². The highest BCUT2D eigenvalue weighted by molar-refractivity contribution is 5.77. The molecule has 18 heavy (non-hydrogen) atoms. The highest BCUT2D eigenvalue weighted by Gasteiger charge is 2.32. The molecule has 1 atom stereocenters. The zero-order chi connectivity index (χ0) is 13.1. The fourth-order valence-electron chi connectivity index (χ4n) is 2.10. The molecular weight excluding hydrogens is 236 g/mol. The molecule has 2 heterocycles. The van der Waals surface area contributed by atoms with Crippen molar-refractivity contribution in [1.82, 2.24) is 9.80 Å². The summed E-state index contributed by atoms with van der Waals surface area (Å²) in [5, 5.41) is 8.89. The van der Waals surface area contributed by atoms with Crippen molar-refractivity contribution in [3.63, 3.8) is 0 Å². The molecule has 2 rings (SSSR count). The fraction of sp³-hybridized carbons (Fsp3) is 0.500. The minimum Gasteiger partial charge on any atom is -0.481 e. The first-order valence-corrected chi connectivity index (χ1v) is 5.82. The third-order valence-corrected chi connectivity index (χ3v) is 3.13. The summed E-state index contributed by atoms with van der Waals surface area (Å²) < 4.78 is 4.94. The monoisotopic (exact) mass is 252 g/mol. The van der Waals surface area contributed by atoms with Gasteiger partial charge in [-0.2, -0.15) is 0 Å². The molecule has 0 saturated carbocycles. The van der Waals surface area contributed by atoms with Crippen molar-refractivity contribution in [1.29, 1.82) is 0 Å². The summed E-state index contributed by atoms with van der Waals surface area (Å²) >= 11 is 0. The van der Waals surface area contributed by atoms with Gasteiger partial charge in [-0.25, -0.2) is 4.79 Å². The Kier molecular flexibility index (Phi) is 3.55. The van der Waals surface area contributed by atoms with Gasteiger partial charge in [-0.3, -0.25) is 4.79 Å². The van der Waals surface area contributed by atoms with E-state index in [0.29, 0.717) is 26.1 Å². The van der Waals surface area contributed by atoms with E-state index in [0.717, 1.165) is 5.56 Å². The van der Waals surface area contributed by atoms with Gasteiger partial charge in [-0.1, -0.05) is 0 Å². The van der Waals surface area contributed by atoms with Crippen LogP contribution >= 0.6 is 0 Å². The number of rotatable bonds is 3. The molecule has 1 aromatic heterocycles. The molecule has 0 aliphatic carbocycles. The molecule has 1 aliphatic rings. The Morgan fingerprint density at radius 1 is 1.61 bits per heavy atom. The summed E-state index contributed by atoms with van der Waals surface area (Å²) in [4.78, 5) is 26.0. The van der Waals surface area contributed by atoms with E-state index in [4.69, 9.17) is 9.52 Å². The van der Waals surface area contributed by atoms with Gasteiger partial charge in [-0.05, 0) is 12.5 Å². The van der Waals surface area contributed by atoms with Gasteiger partial charge in [-0.15, -0.1) is 0 Å². The molecule has 1 aromatic rings. The number of nitrogens with zero attached hydrogens (tertiary/aromatic N) is 2. The van der Waals surface area contributed by atoms with Crippen molar-refractivity contribution in [3.8, 4) is 0 Å². The number of carbonyl (C=O) groups is 2. The van der Waals surface area contributed by atoms with Crippen LogP contribution in [0.4, 0.5) is 4.79 Å². The molecule has 0 spiro atoms. The van der Waals surface area contributed by atoms with Crippen LogP contribution in [0.1, 0.15) is 12.0 Å². The Hall–Kier alpha value is -1.98. The molecule has 98 valence electrons. The average molecular weight is 252 g/mol. The topological polar surface area (TPSA) is 74.0 Å². The molecule has 0 aromatic carbocycles. The van der Waals surface area contributed by atoms with Crippen LogP contribution < -0.4 is 0 Å². The zero-order valence-electron chi connectivity index (χ0n) is 10.2. The molecular formula is C12H16N2O4. The molecule has 6 nitrogen and oxygen atoms in total. The number of likely N-dealkylation sites (tertiary alicyclic amines) is 1. The van der Waals surface area contributed by atoms with Gasteiger partial charge in [0.2, 0.25) is 0 Å². The van der Waals surface area contributed by atoms with Gasteiger partial charge >= 0.3 is 12.0 Å². The van der Waals surface area contributed by atoms with E-state index in [1.165, 1.54) is 0 Å². The number of hydrogen-bond acceptors (Lipinski definition) is 3. The van der Waals surface area contributed by atoms with Gasteiger partial charge in [0.25, 0.3) is 0 Å². The molecule has 0 bridgehead atoms. The number of carbonyl (C=O) groups excluding carboxylic acids is 1. The fourth-order valence-corrected chi connectivity index (χ4v) is 2.10. The maximum absolute atomic E-state index is 12.1. The minimum absolute atomic E-state index is 0.139. The number of carboxylic acid groups (broad SMARTS) is 1. The van der Waals surface area contributed by atoms with E-state index < -0.39 is 11.9 Å². The first kappa shape index (κ1) is 12.5. The van der Waals surface area contributed by atoms with Gasteiger partial charge < -0.3 is 19.3 Å². The Morgan fingerprint density at radius 2 is 2.39 bits per heavy atom. The van der Waals surface area contributed by atoms with Crippen LogP contribution in [-0.4, -0.2) is 47.0 Å². The molecule has 0 radical (unpaired) electrons. The van der Waals surface area contributed by atoms with Crippen LogP contribution in [0.25, 0.3) is 0 Å². The maximum atomic E-state index is 12.1. The summed E-state index contributed by atoms with van der Waals surface area (Å²) in [6, 6.07) is 1.66. The Labute approximate surface area is 105 Å².